The molecule has 9 heteroatoms. The normalized spacial score (nSPS) is 13.7. The average molecular weight is 242 g/mol. The topological polar surface area (TPSA) is 18.5 Å². The van der Waals surface area contributed by atoms with E-state index in [0.29, 0.717) is 0 Å². The third-order valence-corrected chi connectivity index (χ3v) is 2.34. The van der Waals surface area contributed by atoms with Gasteiger partial charge in [0.05, 0.1) is 0 Å². The molecule has 0 aliphatic heterocycles. The van der Waals surface area contributed by atoms with Gasteiger partial charge in [0.1, 0.15) is 0 Å². The smallest absolute Gasteiger partial charge is 0.336 e. The molecular formula is C5H8F6O2Si. The molecule has 0 fully saturated rings. The lowest BCUT2D eigenvalue weighted by atomic mass is 10.7. The third-order valence-electron chi connectivity index (χ3n) is 0.988. The van der Waals surface area contributed by atoms with Gasteiger partial charge in [0.2, 0.25) is 0 Å². The zero-order chi connectivity index (χ0) is 11.4. The van der Waals surface area contributed by atoms with Crippen LogP contribution < -0.4 is 0 Å². The van der Waals surface area contributed by atoms with E-state index >= 15 is 0 Å². The standard InChI is InChI=1S/C5H8F6O2Si/c1-14(12-4(8,9)2-6)13-5(10,11)3-7/h14H,2-3H2,1H3. The molecule has 0 saturated carbocycles. The largest absolute Gasteiger partial charge is 0.376 e. The average Bonchev–Trinajstić information content (AvgIpc) is 2.02. The Morgan fingerprint density at radius 1 is 0.929 bits per heavy atom. The monoisotopic (exact) mass is 242 g/mol. The van der Waals surface area contributed by atoms with Crippen molar-refractivity contribution in [3.63, 3.8) is 0 Å². The molecule has 0 spiro atoms. The zero-order valence-corrected chi connectivity index (χ0v) is 8.23. The first-order valence-electron chi connectivity index (χ1n) is 3.45. The van der Waals surface area contributed by atoms with Gasteiger partial charge in [-0.15, -0.1) is 0 Å². The van der Waals surface area contributed by atoms with Crippen LogP contribution in [0.3, 0.4) is 0 Å². The van der Waals surface area contributed by atoms with E-state index in [0.717, 1.165) is 6.55 Å². The van der Waals surface area contributed by atoms with Crippen molar-refractivity contribution in [2.75, 3.05) is 13.3 Å². The van der Waals surface area contributed by atoms with E-state index in [9.17, 15) is 26.3 Å². The maximum absolute atomic E-state index is 12.1. The van der Waals surface area contributed by atoms with Gasteiger partial charge in [-0.2, -0.15) is 17.6 Å². The molecule has 0 saturated heterocycles. The van der Waals surface area contributed by atoms with Crippen molar-refractivity contribution in [1.82, 2.24) is 0 Å². The van der Waals surface area contributed by atoms with Crippen molar-refractivity contribution in [3.05, 3.63) is 0 Å². The predicted molar refractivity (Wildman–Crippen MR) is 37.0 cm³/mol. The van der Waals surface area contributed by atoms with Gasteiger partial charge in [-0.05, 0) is 6.55 Å². The molecule has 0 aromatic heterocycles. The Kier molecular flexibility index (Phi) is 4.88. The highest BCUT2D eigenvalue weighted by Gasteiger charge is 2.39. The van der Waals surface area contributed by atoms with E-state index in [4.69, 9.17) is 0 Å². The fourth-order valence-electron chi connectivity index (χ4n) is 0.573. The quantitative estimate of drug-likeness (QED) is 0.524. The van der Waals surface area contributed by atoms with Crippen molar-refractivity contribution >= 4 is 9.28 Å². The maximum Gasteiger partial charge on any atom is 0.376 e. The molecule has 0 bridgehead atoms. The first-order valence-corrected chi connectivity index (χ1v) is 5.55. The van der Waals surface area contributed by atoms with Gasteiger partial charge in [0.25, 0.3) is 0 Å². The summed E-state index contributed by atoms with van der Waals surface area (Å²) >= 11 is 0. The Morgan fingerprint density at radius 2 is 1.21 bits per heavy atom. The van der Waals surface area contributed by atoms with E-state index in [1.807, 2.05) is 0 Å². The van der Waals surface area contributed by atoms with Crippen LogP contribution >= 0.6 is 0 Å². The van der Waals surface area contributed by atoms with Gasteiger partial charge in [-0.1, -0.05) is 0 Å². The lowest BCUT2D eigenvalue weighted by molar-refractivity contribution is -0.234. The van der Waals surface area contributed by atoms with Gasteiger partial charge in [0.15, 0.2) is 13.3 Å². The van der Waals surface area contributed by atoms with Gasteiger partial charge >= 0.3 is 21.5 Å². The van der Waals surface area contributed by atoms with Crippen LogP contribution in [0.1, 0.15) is 0 Å². The van der Waals surface area contributed by atoms with Crippen LogP contribution in [-0.2, 0) is 8.85 Å². The molecule has 14 heavy (non-hydrogen) atoms. The van der Waals surface area contributed by atoms with Crippen LogP contribution in [0.25, 0.3) is 0 Å². The molecule has 0 unspecified atom stereocenters. The predicted octanol–water partition coefficient (Wildman–Crippen LogP) is 1.99. The molecule has 0 atom stereocenters. The minimum Gasteiger partial charge on any atom is -0.336 e. The molecule has 2 nitrogen and oxygen atoms in total. The fraction of sp³-hybridized carbons (Fsp3) is 1.00. The minimum absolute atomic E-state index is 0.813. The number of halogens is 6. The Labute approximate surface area is 77.6 Å². The molecule has 0 aromatic carbocycles. The summed E-state index contributed by atoms with van der Waals surface area (Å²) in [6.07, 6.45) is -8.31. The molecule has 0 aliphatic rings. The van der Waals surface area contributed by atoms with Crippen LogP contribution in [0, 0.1) is 0 Å². The SMILES string of the molecule is C[SiH](OC(F)(F)CF)OC(F)(F)CF. The van der Waals surface area contributed by atoms with Crippen molar-refractivity contribution < 1.29 is 35.2 Å². The van der Waals surface area contributed by atoms with Gasteiger partial charge in [-0.3, -0.25) is 0 Å². The summed E-state index contributed by atoms with van der Waals surface area (Å²) in [4.78, 5) is 0. The van der Waals surface area contributed by atoms with Crippen LogP contribution in [0.5, 0.6) is 0 Å². The maximum atomic E-state index is 12.1. The van der Waals surface area contributed by atoms with Crippen LogP contribution in [0.15, 0.2) is 0 Å². The van der Waals surface area contributed by atoms with Crippen molar-refractivity contribution in [3.8, 4) is 0 Å². The highest BCUT2D eigenvalue weighted by Crippen LogP contribution is 2.22. The summed E-state index contributed by atoms with van der Waals surface area (Å²) in [6, 6.07) is 0. The van der Waals surface area contributed by atoms with Crippen LogP contribution in [0.4, 0.5) is 26.3 Å². The molecule has 0 N–H and O–H groups in total. The summed E-state index contributed by atoms with van der Waals surface area (Å²) in [5.74, 6) is 0. The van der Waals surface area contributed by atoms with Crippen molar-refractivity contribution in [2.24, 2.45) is 0 Å². The second-order valence-electron chi connectivity index (χ2n) is 2.35. The number of hydrogen-bond acceptors (Lipinski definition) is 2. The first-order chi connectivity index (χ1) is 6.22. The Balaban J connectivity index is 4.04. The molecule has 86 valence electrons. The van der Waals surface area contributed by atoms with Crippen molar-refractivity contribution in [2.45, 2.75) is 18.8 Å². The summed E-state index contributed by atoms with van der Waals surface area (Å²) in [5, 5.41) is 0. The fourth-order valence-corrected chi connectivity index (χ4v) is 1.72. The van der Waals surface area contributed by atoms with Gasteiger partial charge in [-0.25, -0.2) is 8.78 Å². The van der Waals surface area contributed by atoms with Gasteiger partial charge in [0, 0.05) is 0 Å². The van der Waals surface area contributed by atoms with E-state index in [-0.39, 0.29) is 0 Å². The van der Waals surface area contributed by atoms with E-state index < -0.39 is 34.9 Å². The summed E-state index contributed by atoms with van der Waals surface area (Å²) in [5.41, 5.74) is 0. The second-order valence-corrected chi connectivity index (χ2v) is 3.95. The number of alkyl halides is 6. The third kappa shape index (κ3) is 5.45. The molecule has 0 radical (unpaired) electrons. The lowest BCUT2D eigenvalue weighted by Crippen LogP contribution is -2.39. The molecule has 0 rings (SSSR count). The summed E-state index contributed by atoms with van der Waals surface area (Å²) < 4.78 is 78.5. The number of rotatable bonds is 6. The van der Waals surface area contributed by atoms with Crippen LogP contribution in [-0.4, -0.2) is 34.9 Å². The van der Waals surface area contributed by atoms with E-state index in [2.05, 4.69) is 8.85 Å². The van der Waals surface area contributed by atoms with Crippen molar-refractivity contribution in [1.29, 1.82) is 0 Å². The highest BCUT2D eigenvalue weighted by atomic mass is 28.3. The minimum atomic E-state index is -4.15. The second kappa shape index (κ2) is 4.98. The highest BCUT2D eigenvalue weighted by molar-refractivity contribution is 6.42. The zero-order valence-electron chi connectivity index (χ0n) is 7.08. The lowest BCUT2D eigenvalue weighted by Gasteiger charge is -2.21. The summed E-state index contributed by atoms with van der Waals surface area (Å²) in [7, 11) is -3.47. The van der Waals surface area contributed by atoms with E-state index in [1.165, 1.54) is 0 Å². The molecule has 0 heterocycles. The molecule has 0 amide bonds. The van der Waals surface area contributed by atoms with Gasteiger partial charge < -0.3 is 8.85 Å². The Morgan fingerprint density at radius 3 is 1.43 bits per heavy atom. The summed E-state index contributed by atoms with van der Waals surface area (Å²) in [6.45, 7) is -3.48. The molecular weight excluding hydrogens is 234 g/mol. The Hall–Kier alpha value is -0.283. The Bertz CT molecular complexity index is 160. The molecule has 0 aromatic rings. The molecule has 0 aliphatic carbocycles. The van der Waals surface area contributed by atoms with E-state index in [1.54, 1.807) is 0 Å². The first kappa shape index (κ1) is 13.7. The number of hydrogen-bond donors (Lipinski definition) is 0. The van der Waals surface area contributed by atoms with Crippen LogP contribution in [0.2, 0.25) is 6.55 Å².